The van der Waals surface area contributed by atoms with Crippen molar-refractivity contribution in [1.29, 1.82) is 0 Å². The smallest absolute Gasteiger partial charge is 0.313 e. The van der Waals surface area contributed by atoms with Crippen molar-refractivity contribution >= 4 is 41.0 Å². The van der Waals surface area contributed by atoms with Gasteiger partial charge >= 0.3 is 11.6 Å². The zero-order valence-corrected chi connectivity index (χ0v) is 25.8. The number of aromatic nitrogens is 1. The van der Waals surface area contributed by atoms with Gasteiger partial charge < -0.3 is 23.8 Å². The molecule has 0 unspecified atom stereocenters. The highest BCUT2D eigenvalue weighted by atomic mass is 35.5. The van der Waals surface area contributed by atoms with Crippen molar-refractivity contribution in [3.63, 3.8) is 0 Å². The van der Waals surface area contributed by atoms with Gasteiger partial charge in [0.2, 0.25) is 5.75 Å². The van der Waals surface area contributed by atoms with Crippen LogP contribution < -0.4 is 20.2 Å². The van der Waals surface area contributed by atoms with Crippen molar-refractivity contribution in [2.75, 3.05) is 11.9 Å². The lowest BCUT2D eigenvalue weighted by Crippen LogP contribution is -2.21. The molecular weight excluding hydrogens is 633 g/mol. The molecule has 0 bridgehead atoms. The second kappa shape index (κ2) is 14.4. The first-order valence-corrected chi connectivity index (χ1v) is 14.4. The number of hydrogen-bond acceptors (Lipinski definition) is 8. The fraction of sp³-hybridized carbons (Fsp3) is 0.121. The van der Waals surface area contributed by atoms with Crippen LogP contribution in [0, 0.1) is 29.8 Å². The number of furan rings is 1. The number of ether oxygens (including phenoxy) is 2. The van der Waals surface area contributed by atoms with Gasteiger partial charge in [-0.2, -0.15) is 5.10 Å². The summed E-state index contributed by atoms with van der Waals surface area (Å²) in [4.78, 5) is 35.7. The standard InChI is InChI=1S/C33H27ClFN5O7/c1-20-7-8-21(2)39(20)23-9-11-24(12-10-23)45-18-25-13-14-30(47-25)33(42)38-36-17-22-15-26(34)32(29(16-22)40(43)44)46-19-31(41)37-28-6-4-3-5-27(28)35/h3-17H,18-19H2,1-2H3,(H,37,41)(H,38,42)/b36-17+. The molecule has 2 heterocycles. The Morgan fingerprint density at radius 3 is 2.45 bits per heavy atom. The van der Waals surface area contributed by atoms with E-state index in [1.54, 1.807) is 6.07 Å². The Kier molecular flexibility index (Phi) is 9.96. The van der Waals surface area contributed by atoms with E-state index in [2.05, 4.69) is 32.5 Å². The van der Waals surface area contributed by atoms with Crippen LogP contribution >= 0.6 is 11.6 Å². The van der Waals surface area contributed by atoms with Gasteiger partial charge in [0.05, 0.1) is 21.8 Å². The van der Waals surface area contributed by atoms with Crippen LogP contribution in [0.25, 0.3) is 5.69 Å². The molecule has 0 atom stereocenters. The van der Waals surface area contributed by atoms with Crippen LogP contribution in [0.5, 0.6) is 11.5 Å². The Morgan fingerprint density at radius 1 is 1.02 bits per heavy atom. The highest BCUT2D eigenvalue weighted by Gasteiger charge is 2.22. The fourth-order valence-electron chi connectivity index (χ4n) is 4.56. The minimum atomic E-state index is -0.756. The number of nitrogens with zero attached hydrogens (tertiary/aromatic N) is 3. The van der Waals surface area contributed by atoms with Crippen LogP contribution in [-0.2, 0) is 11.4 Å². The number of nitro benzene ring substituents is 1. The molecule has 0 saturated heterocycles. The van der Waals surface area contributed by atoms with Crippen LogP contribution in [0.4, 0.5) is 15.8 Å². The zero-order chi connectivity index (χ0) is 33.5. The first kappa shape index (κ1) is 32.4. The monoisotopic (exact) mass is 659 g/mol. The Hall–Kier alpha value is -5.95. The topological polar surface area (TPSA) is 150 Å². The van der Waals surface area contributed by atoms with Crippen LogP contribution in [-0.4, -0.2) is 34.1 Å². The molecule has 14 heteroatoms. The van der Waals surface area contributed by atoms with Crippen molar-refractivity contribution in [2.24, 2.45) is 5.10 Å². The van der Waals surface area contributed by atoms with Gasteiger partial charge in [-0.25, -0.2) is 9.82 Å². The molecule has 0 aliphatic heterocycles. The summed E-state index contributed by atoms with van der Waals surface area (Å²) in [7, 11) is 0. The summed E-state index contributed by atoms with van der Waals surface area (Å²) < 4.78 is 32.6. The molecule has 0 fully saturated rings. The third-order valence-electron chi connectivity index (χ3n) is 6.75. The number of hydrazone groups is 1. The van der Waals surface area contributed by atoms with E-state index < -0.39 is 34.8 Å². The Bertz CT molecular complexity index is 1950. The third-order valence-corrected chi connectivity index (χ3v) is 7.03. The number of carbonyl (C=O) groups excluding carboxylic acids is 2. The molecule has 2 N–H and O–H groups in total. The van der Waals surface area contributed by atoms with Gasteiger partial charge in [-0.3, -0.25) is 19.7 Å². The first-order valence-electron chi connectivity index (χ1n) is 14.0. The van der Waals surface area contributed by atoms with Crippen molar-refractivity contribution in [3.8, 4) is 17.2 Å². The molecule has 2 amide bonds. The minimum Gasteiger partial charge on any atom is -0.486 e. The first-order chi connectivity index (χ1) is 22.6. The number of halogens is 2. The summed E-state index contributed by atoms with van der Waals surface area (Å²) in [6.45, 7) is 3.48. The third kappa shape index (κ3) is 8.02. The van der Waals surface area contributed by atoms with Gasteiger partial charge in [0.1, 0.15) is 23.9 Å². The average Bonchev–Trinajstić information content (AvgIpc) is 3.66. The predicted octanol–water partition coefficient (Wildman–Crippen LogP) is 6.75. The van der Waals surface area contributed by atoms with Crippen molar-refractivity contribution in [1.82, 2.24) is 9.99 Å². The van der Waals surface area contributed by atoms with Crippen LogP contribution in [0.15, 0.2) is 94.4 Å². The summed E-state index contributed by atoms with van der Waals surface area (Å²) in [6, 6.07) is 22.6. The molecule has 2 aromatic heterocycles. The summed E-state index contributed by atoms with van der Waals surface area (Å²) >= 11 is 6.21. The van der Waals surface area contributed by atoms with Crippen molar-refractivity contribution in [3.05, 3.63) is 134 Å². The maximum atomic E-state index is 13.8. The normalized spacial score (nSPS) is 11.0. The van der Waals surface area contributed by atoms with Gasteiger partial charge in [0, 0.05) is 28.7 Å². The lowest BCUT2D eigenvalue weighted by molar-refractivity contribution is -0.385. The zero-order valence-electron chi connectivity index (χ0n) is 25.0. The van der Waals surface area contributed by atoms with E-state index in [4.69, 9.17) is 25.5 Å². The number of nitrogens with one attached hydrogen (secondary N) is 2. The van der Waals surface area contributed by atoms with E-state index in [1.165, 1.54) is 30.3 Å². The Morgan fingerprint density at radius 2 is 1.74 bits per heavy atom. The van der Waals surface area contributed by atoms with Gasteiger partial charge in [0.25, 0.3) is 5.91 Å². The molecule has 5 rings (SSSR count). The van der Waals surface area contributed by atoms with Crippen LogP contribution in [0.1, 0.15) is 33.3 Å². The summed E-state index contributed by atoms with van der Waals surface area (Å²) in [5.41, 5.74) is 5.07. The van der Waals surface area contributed by atoms with Crippen molar-refractivity contribution in [2.45, 2.75) is 20.5 Å². The maximum absolute atomic E-state index is 13.8. The van der Waals surface area contributed by atoms with E-state index in [-0.39, 0.29) is 34.4 Å². The molecule has 0 spiro atoms. The second-order valence-corrected chi connectivity index (χ2v) is 10.5. The number of anilines is 1. The van der Waals surface area contributed by atoms with E-state index in [0.717, 1.165) is 35.4 Å². The van der Waals surface area contributed by atoms with E-state index >= 15 is 0 Å². The Labute approximate surface area is 272 Å². The summed E-state index contributed by atoms with van der Waals surface area (Å²) in [6.07, 6.45) is 1.14. The fourth-order valence-corrected chi connectivity index (χ4v) is 4.84. The maximum Gasteiger partial charge on any atom is 0.313 e. The average molecular weight is 660 g/mol. The van der Waals surface area contributed by atoms with Gasteiger partial charge in [-0.1, -0.05) is 23.7 Å². The van der Waals surface area contributed by atoms with Crippen molar-refractivity contribution < 1.29 is 32.8 Å². The lowest BCUT2D eigenvalue weighted by Gasteiger charge is -2.10. The van der Waals surface area contributed by atoms with Gasteiger partial charge in [-0.15, -0.1) is 0 Å². The molecule has 240 valence electrons. The number of rotatable bonds is 12. The highest BCUT2D eigenvalue weighted by molar-refractivity contribution is 6.32. The molecular formula is C33H27ClFN5O7. The number of para-hydroxylation sites is 1. The number of nitro groups is 1. The second-order valence-electron chi connectivity index (χ2n) is 10.1. The predicted molar refractivity (Wildman–Crippen MR) is 172 cm³/mol. The molecule has 0 saturated carbocycles. The SMILES string of the molecule is Cc1ccc(C)n1-c1ccc(OCc2ccc(C(=O)N/N=C/c3cc(Cl)c(OCC(=O)Nc4ccccc4F)c([N+](=O)[O-])c3)o2)cc1. The molecule has 12 nitrogen and oxygen atoms in total. The number of benzene rings is 3. The largest absolute Gasteiger partial charge is 0.486 e. The Balaban J connectivity index is 1.15. The molecule has 0 radical (unpaired) electrons. The molecule has 5 aromatic rings. The number of aryl methyl sites for hydroxylation is 2. The van der Waals surface area contributed by atoms with Gasteiger partial charge in [0.15, 0.2) is 12.4 Å². The highest BCUT2D eigenvalue weighted by Crippen LogP contribution is 2.36. The lowest BCUT2D eigenvalue weighted by atomic mass is 10.2. The van der Waals surface area contributed by atoms with Crippen LogP contribution in [0.2, 0.25) is 5.02 Å². The summed E-state index contributed by atoms with van der Waals surface area (Å²) in [5, 5.41) is 17.6. The molecule has 0 aliphatic carbocycles. The molecule has 3 aromatic carbocycles. The number of hydrogen-bond donors (Lipinski definition) is 2. The van der Waals surface area contributed by atoms with E-state index in [9.17, 15) is 24.1 Å². The number of carbonyl (C=O) groups is 2. The minimum absolute atomic E-state index is 0.0314. The van der Waals surface area contributed by atoms with E-state index in [0.29, 0.717) is 11.5 Å². The number of amides is 2. The molecule has 47 heavy (non-hydrogen) atoms. The van der Waals surface area contributed by atoms with Crippen LogP contribution in [0.3, 0.4) is 0 Å². The summed E-state index contributed by atoms with van der Waals surface area (Å²) in [5.74, 6) is -1.45. The van der Waals surface area contributed by atoms with E-state index in [1.807, 2.05) is 38.1 Å². The quantitative estimate of drug-likeness (QED) is 0.0854. The molecule has 0 aliphatic rings. The van der Waals surface area contributed by atoms with Gasteiger partial charge in [-0.05, 0) is 80.6 Å².